The normalized spacial score (nSPS) is 7.00. The van der Waals surface area contributed by atoms with E-state index < -0.39 is 6.03 Å². The fourth-order valence-electron chi connectivity index (χ4n) is 0.0323. The highest BCUT2D eigenvalue weighted by atomic mass is 32.1. The number of nitrogens with one attached hydrogen (secondary N) is 2. The number of rotatable bonds is 0. The van der Waals surface area contributed by atoms with Crippen LogP contribution in [-0.2, 0) is 0 Å². The number of hydrogen-bond acceptors (Lipinski definition) is 3. The molecule has 6 heavy (non-hydrogen) atoms. The first kappa shape index (κ1) is 5.58. The SMILES string of the molecule is NNC(=O)NS. The minimum Gasteiger partial charge on any atom is -0.283 e. The molecule has 0 fully saturated rings. The minimum atomic E-state index is -0.515. The van der Waals surface area contributed by atoms with E-state index in [1.165, 1.54) is 0 Å². The molecule has 0 bridgehead atoms. The van der Waals surface area contributed by atoms with Crippen molar-refractivity contribution >= 4 is 18.8 Å². The van der Waals surface area contributed by atoms with E-state index in [0.29, 0.717) is 0 Å². The average Bonchev–Trinajstić information content (AvgIpc) is 1.65. The zero-order valence-electron chi connectivity index (χ0n) is 2.93. The molecule has 4 nitrogen and oxygen atoms in total. The van der Waals surface area contributed by atoms with Crippen LogP contribution in [0, 0.1) is 0 Å². The molecule has 0 heterocycles. The quantitative estimate of drug-likeness (QED) is 0.139. The Balaban J connectivity index is 2.99. The zero-order chi connectivity index (χ0) is 4.99. The van der Waals surface area contributed by atoms with E-state index in [-0.39, 0.29) is 0 Å². The lowest BCUT2D eigenvalue weighted by atomic mass is 11.2. The predicted molar refractivity (Wildman–Crippen MR) is 24.8 cm³/mol. The predicted octanol–water partition coefficient (Wildman–Crippen LogP) is -0.996. The van der Waals surface area contributed by atoms with Gasteiger partial charge < -0.3 is 0 Å². The number of hydrogen-bond donors (Lipinski definition) is 4. The Morgan fingerprint density at radius 2 is 2.33 bits per heavy atom. The lowest BCUT2D eigenvalue weighted by Crippen LogP contribution is -2.35. The molecule has 0 aliphatic heterocycles. The van der Waals surface area contributed by atoms with Crippen LogP contribution < -0.4 is 16.0 Å². The van der Waals surface area contributed by atoms with Gasteiger partial charge in [0.05, 0.1) is 0 Å². The van der Waals surface area contributed by atoms with Gasteiger partial charge in [-0.15, -0.1) is 0 Å². The monoisotopic (exact) mass is 107 g/mol. The molecule has 0 unspecified atom stereocenters. The zero-order valence-corrected chi connectivity index (χ0v) is 3.83. The summed E-state index contributed by atoms with van der Waals surface area (Å²) < 4.78 is 1.93. The average molecular weight is 107 g/mol. The number of amides is 2. The van der Waals surface area contributed by atoms with Crippen LogP contribution in [0.2, 0.25) is 0 Å². The van der Waals surface area contributed by atoms with Crippen molar-refractivity contribution < 1.29 is 4.79 Å². The van der Waals surface area contributed by atoms with Gasteiger partial charge in [-0.3, -0.25) is 10.1 Å². The number of urea groups is 1. The highest BCUT2D eigenvalue weighted by molar-refractivity contribution is 7.78. The summed E-state index contributed by atoms with van der Waals surface area (Å²) in [6.07, 6.45) is 0. The van der Waals surface area contributed by atoms with Crippen LogP contribution in [0.1, 0.15) is 0 Å². The minimum absolute atomic E-state index is 0.515. The van der Waals surface area contributed by atoms with E-state index in [4.69, 9.17) is 0 Å². The lowest BCUT2D eigenvalue weighted by Gasteiger charge is -1.89. The van der Waals surface area contributed by atoms with Gasteiger partial charge in [-0.1, -0.05) is 12.8 Å². The summed E-state index contributed by atoms with van der Waals surface area (Å²) in [5, 5.41) is 0. The third-order valence-corrected chi connectivity index (χ3v) is 0.436. The lowest BCUT2D eigenvalue weighted by molar-refractivity contribution is 0.247. The van der Waals surface area contributed by atoms with Gasteiger partial charge in [0.2, 0.25) is 0 Å². The Morgan fingerprint density at radius 3 is 2.33 bits per heavy atom. The standard InChI is InChI=1S/CH5N3OS/c2-3-1(5)4-6/h6H,2H2,(H2,3,4,5). The van der Waals surface area contributed by atoms with Crippen molar-refractivity contribution in [1.82, 2.24) is 10.1 Å². The molecule has 4 N–H and O–H groups in total. The second-order valence-corrected chi connectivity index (χ2v) is 0.809. The molecule has 0 atom stereocenters. The van der Waals surface area contributed by atoms with Crippen molar-refractivity contribution in [2.24, 2.45) is 5.84 Å². The summed E-state index contributed by atoms with van der Waals surface area (Å²) in [4.78, 5) is 9.76. The van der Waals surface area contributed by atoms with Crippen molar-refractivity contribution in [3.63, 3.8) is 0 Å². The number of carbonyl (C=O) groups is 1. The molecule has 5 heteroatoms. The maximum Gasteiger partial charge on any atom is 0.338 e. The Kier molecular flexibility index (Phi) is 2.60. The van der Waals surface area contributed by atoms with Crippen LogP contribution in [0.15, 0.2) is 0 Å². The Labute approximate surface area is 40.6 Å². The molecule has 0 aromatic rings. The first-order valence-corrected chi connectivity index (χ1v) is 1.66. The Morgan fingerprint density at radius 1 is 1.83 bits per heavy atom. The van der Waals surface area contributed by atoms with Crippen molar-refractivity contribution in [3.05, 3.63) is 0 Å². The molecule has 0 aliphatic carbocycles. The highest BCUT2D eigenvalue weighted by Gasteiger charge is 1.83. The molecule has 0 aromatic carbocycles. The number of carbonyl (C=O) groups excluding carboxylic acids is 1. The first-order valence-electron chi connectivity index (χ1n) is 1.22. The largest absolute Gasteiger partial charge is 0.338 e. The van der Waals surface area contributed by atoms with E-state index in [1.54, 1.807) is 5.43 Å². The van der Waals surface area contributed by atoms with E-state index in [2.05, 4.69) is 18.7 Å². The van der Waals surface area contributed by atoms with Crippen LogP contribution in [0.4, 0.5) is 4.79 Å². The fraction of sp³-hybridized carbons (Fsp3) is 0. The molecule has 0 radical (unpaired) electrons. The summed E-state index contributed by atoms with van der Waals surface area (Å²) in [7, 11) is 0. The molecule has 0 aromatic heterocycles. The molecule has 36 valence electrons. The summed E-state index contributed by atoms with van der Waals surface area (Å²) in [5.41, 5.74) is 1.79. The third-order valence-electron chi connectivity index (χ3n) is 0.233. The Hall–Kier alpha value is -0.420. The highest BCUT2D eigenvalue weighted by Crippen LogP contribution is 1.57. The van der Waals surface area contributed by atoms with E-state index in [0.717, 1.165) is 0 Å². The van der Waals surface area contributed by atoms with Gasteiger partial charge in [0.25, 0.3) is 0 Å². The van der Waals surface area contributed by atoms with Gasteiger partial charge in [0, 0.05) is 0 Å². The van der Waals surface area contributed by atoms with Gasteiger partial charge in [0.1, 0.15) is 0 Å². The van der Waals surface area contributed by atoms with Gasteiger partial charge in [0.15, 0.2) is 0 Å². The molecular formula is CH5N3OS. The summed E-state index contributed by atoms with van der Waals surface area (Å²) in [5.74, 6) is 4.57. The maximum absolute atomic E-state index is 9.76. The molecule has 0 aliphatic rings. The number of nitrogens with two attached hydrogens (primary N) is 1. The summed E-state index contributed by atoms with van der Waals surface area (Å²) in [6.45, 7) is 0. The van der Waals surface area contributed by atoms with E-state index >= 15 is 0 Å². The third kappa shape index (κ3) is 1.86. The van der Waals surface area contributed by atoms with Gasteiger partial charge >= 0.3 is 6.03 Å². The smallest absolute Gasteiger partial charge is 0.283 e. The molecule has 2 amide bonds. The molecular weight excluding hydrogens is 102 g/mol. The van der Waals surface area contributed by atoms with Gasteiger partial charge in [-0.05, 0) is 0 Å². The van der Waals surface area contributed by atoms with Crippen LogP contribution in [-0.4, -0.2) is 6.03 Å². The number of thiol groups is 1. The molecule has 0 spiro atoms. The van der Waals surface area contributed by atoms with Crippen molar-refractivity contribution in [2.45, 2.75) is 0 Å². The molecule has 0 saturated heterocycles. The first-order chi connectivity index (χ1) is 2.81. The molecule has 0 saturated carbocycles. The number of hydrazine groups is 1. The maximum atomic E-state index is 9.76. The van der Waals surface area contributed by atoms with E-state index in [1.807, 2.05) is 4.72 Å². The van der Waals surface area contributed by atoms with Crippen molar-refractivity contribution in [3.8, 4) is 0 Å². The van der Waals surface area contributed by atoms with Gasteiger partial charge in [-0.2, -0.15) is 0 Å². The van der Waals surface area contributed by atoms with Crippen molar-refractivity contribution in [1.29, 1.82) is 0 Å². The topological polar surface area (TPSA) is 67.1 Å². The van der Waals surface area contributed by atoms with E-state index in [9.17, 15) is 4.79 Å². The fourth-order valence-corrected chi connectivity index (χ4v) is 0.0968. The van der Waals surface area contributed by atoms with Crippen LogP contribution in [0.25, 0.3) is 0 Å². The van der Waals surface area contributed by atoms with Crippen LogP contribution >= 0.6 is 12.8 Å². The second kappa shape index (κ2) is 2.80. The second-order valence-electron chi connectivity index (χ2n) is 0.585. The van der Waals surface area contributed by atoms with Crippen molar-refractivity contribution in [2.75, 3.05) is 0 Å². The summed E-state index contributed by atoms with van der Waals surface area (Å²) >= 11 is 3.35. The van der Waals surface area contributed by atoms with Gasteiger partial charge in [-0.25, -0.2) is 10.6 Å². The van der Waals surface area contributed by atoms with Crippen LogP contribution in [0.5, 0.6) is 0 Å². The summed E-state index contributed by atoms with van der Waals surface area (Å²) in [6, 6.07) is -0.515. The molecule has 0 rings (SSSR count). The Bertz CT molecular complexity index is 48.8. The van der Waals surface area contributed by atoms with Crippen LogP contribution in [0.3, 0.4) is 0 Å².